The maximum Gasteiger partial charge on any atom is 0.345 e. The molecule has 2 aliphatic rings. The Morgan fingerprint density at radius 2 is 2.04 bits per heavy atom. The van der Waals surface area contributed by atoms with Crippen LogP contribution < -0.4 is 5.56 Å². The minimum atomic E-state index is -0.924. The molecular weight excluding hydrogens is 392 g/mol. The van der Waals surface area contributed by atoms with Crippen LogP contribution in [0.1, 0.15) is 43.3 Å². The number of aromatic nitrogens is 1. The number of fused-ring (bicyclic) bond motifs is 2. The number of aromatic amines is 1. The summed E-state index contributed by atoms with van der Waals surface area (Å²) in [4.78, 5) is 40.9. The van der Waals surface area contributed by atoms with Crippen molar-refractivity contribution in [3.8, 4) is 0 Å². The monoisotopic (exact) mass is 408 g/mol. The Morgan fingerprint density at radius 1 is 1.30 bits per heavy atom. The van der Waals surface area contributed by atoms with Crippen molar-refractivity contribution >= 4 is 34.8 Å². The SMILES string of the molecule is O=C(O)c1cc2c(s1)C1(CCN(C(=O)c3c[nH]c(=O)c(Cl)c3)CC1)OCC2. The van der Waals surface area contributed by atoms with Gasteiger partial charge in [-0.2, -0.15) is 0 Å². The lowest BCUT2D eigenvalue weighted by Gasteiger charge is -2.43. The average molecular weight is 409 g/mol. The largest absolute Gasteiger partial charge is 0.477 e. The molecule has 1 fully saturated rings. The van der Waals surface area contributed by atoms with Gasteiger partial charge in [-0.15, -0.1) is 11.3 Å². The lowest BCUT2D eigenvalue weighted by atomic mass is 9.85. The third kappa shape index (κ3) is 3.18. The Labute approximate surface area is 163 Å². The number of ether oxygens (including phenoxy) is 1. The molecule has 7 nitrogen and oxygen atoms in total. The summed E-state index contributed by atoms with van der Waals surface area (Å²) in [6, 6.07) is 3.12. The molecule has 1 amide bonds. The fourth-order valence-electron chi connectivity index (χ4n) is 3.73. The fourth-order valence-corrected chi connectivity index (χ4v) is 5.15. The van der Waals surface area contributed by atoms with E-state index in [9.17, 15) is 19.5 Å². The first-order valence-electron chi connectivity index (χ1n) is 8.57. The molecule has 1 saturated heterocycles. The van der Waals surface area contributed by atoms with Crippen molar-refractivity contribution in [1.29, 1.82) is 0 Å². The predicted molar refractivity (Wildman–Crippen MR) is 99.8 cm³/mol. The molecule has 0 saturated carbocycles. The number of halogens is 1. The zero-order valence-corrected chi connectivity index (χ0v) is 15.9. The molecule has 1 spiro atoms. The van der Waals surface area contributed by atoms with E-state index in [1.165, 1.54) is 23.6 Å². The topological polar surface area (TPSA) is 99.7 Å². The van der Waals surface area contributed by atoms with Crippen LogP contribution >= 0.6 is 22.9 Å². The van der Waals surface area contributed by atoms with Crippen molar-refractivity contribution in [2.45, 2.75) is 24.9 Å². The smallest absolute Gasteiger partial charge is 0.345 e. The molecule has 0 aromatic carbocycles. The van der Waals surface area contributed by atoms with E-state index >= 15 is 0 Å². The van der Waals surface area contributed by atoms with Crippen LogP contribution in [0.5, 0.6) is 0 Å². The molecule has 0 atom stereocenters. The number of thiophene rings is 1. The number of hydrogen-bond acceptors (Lipinski definition) is 5. The number of hydrogen-bond donors (Lipinski definition) is 2. The Bertz CT molecular complexity index is 974. The number of carbonyl (C=O) groups is 2. The molecule has 2 aliphatic heterocycles. The second-order valence-corrected chi connectivity index (χ2v) is 8.18. The van der Waals surface area contributed by atoms with Crippen LogP contribution in [-0.2, 0) is 16.8 Å². The van der Waals surface area contributed by atoms with E-state index in [2.05, 4.69) is 4.98 Å². The number of pyridine rings is 1. The highest BCUT2D eigenvalue weighted by Crippen LogP contribution is 2.45. The quantitative estimate of drug-likeness (QED) is 0.795. The van der Waals surface area contributed by atoms with Crippen molar-refractivity contribution in [2.75, 3.05) is 19.7 Å². The van der Waals surface area contributed by atoms with Crippen LogP contribution in [0.3, 0.4) is 0 Å². The van der Waals surface area contributed by atoms with Crippen LogP contribution in [0.15, 0.2) is 23.1 Å². The van der Waals surface area contributed by atoms with Gasteiger partial charge in [0.2, 0.25) is 0 Å². The molecule has 2 N–H and O–H groups in total. The van der Waals surface area contributed by atoms with Gasteiger partial charge in [0.05, 0.1) is 12.2 Å². The number of aromatic carboxylic acids is 1. The highest BCUT2D eigenvalue weighted by Gasteiger charge is 2.43. The van der Waals surface area contributed by atoms with Gasteiger partial charge in [0.15, 0.2) is 0 Å². The van der Waals surface area contributed by atoms with Crippen molar-refractivity contribution in [2.24, 2.45) is 0 Å². The second kappa shape index (κ2) is 6.78. The number of piperidine rings is 1. The van der Waals surface area contributed by atoms with Crippen LogP contribution in [0.25, 0.3) is 0 Å². The number of H-pyrrole nitrogens is 1. The maximum absolute atomic E-state index is 12.7. The Balaban J connectivity index is 1.54. The Hall–Kier alpha value is -2.16. The second-order valence-electron chi connectivity index (χ2n) is 6.72. The first-order valence-corrected chi connectivity index (χ1v) is 9.77. The summed E-state index contributed by atoms with van der Waals surface area (Å²) in [7, 11) is 0. The van der Waals surface area contributed by atoms with E-state index < -0.39 is 17.1 Å². The standard InChI is InChI=1S/C18H17ClN2O5S/c19-12-7-11(9-20-15(12)22)16(23)21-4-2-18(3-5-21)14-10(1-6-26-18)8-13(27-14)17(24)25/h7-9H,1-6H2,(H,20,22)(H,24,25). The summed E-state index contributed by atoms with van der Waals surface area (Å²) in [6.45, 7) is 1.51. The van der Waals surface area contributed by atoms with Gasteiger partial charge in [0.25, 0.3) is 11.5 Å². The minimum Gasteiger partial charge on any atom is -0.477 e. The molecule has 2 aromatic heterocycles. The van der Waals surface area contributed by atoms with E-state index in [1.807, 2.05) is 0 Å². The van der Waals surface area contributed by atoms with E-state index in [-0.39, 0.29) is 10.9 Å². The van der Waals surface area contributed by atoms with Gasteiger partial charge in [-0.1, -0.05) is 11.6 Å². The summed E-state index contributed by atoms with van der Waals surface area (Å²) >= 11 is 7.09. The summed E-state index contributed by atoms with van der Waals surface area (Å²) in [5, 5.41) is 9.27. The Morgan fingerprint density at radius 3 is 2.70 bits per heavy atom. The average Bonchev–Trinajstić information content (AvgIpc) is 3.11. The fraction of sp³-hybridized carbons (Fsp3) is 0.389. The van der Waals surface area contributed by atoms with Crippen LogP contribution in [0, 0.1) is 0 Å². The van der Waals surface area contributed by atoms with E-state index in [1.54, 1.807) is 11.0 Å². The molecule has 0 radical (unpaired) electrons. The number of amides is 1. The van der Waals surface area contributed by atoms with E-state index in [0.717, 1.165) is 10.4 Å². The van der Waals surface area contributed by atoms with Gasteiger partial charge in [-0.05, 0) is 37.0 Å². The van der Waals surface area contributed by atoms with Gasteiger partial charge >= 0.3 is 5.97 Å². The van der Waals surface area contributed by atoms with Gasteiger partial charge < -0.3 is 19.7 Å². The van der Waals surface area contributed by atoms with Gasteiger partial charge in [0, 0.05) is 24.2 Å². The maximum atomic E-state index is 12.7. The molecule has 0 unspecified atom stereocenters. The number of nitrogens with zero attached hydrogens (tertiary/aromatic N) is 1. The van der Waals surface area contributed by atoms with Crippen molar-refractivity contribution in [1.82, 2.24) is 9.88 Å². The van der Waals surface area contributed by atoms with Gasteiger partial charge in [-0.25, -0.2) is 4.79 Å². The van der Waals surface area contributed by atoms with E-state index in [4.69, 9.17) is 16.3 Å². The third-order valence-electron chi connectivity index (χ3n) is 5.15. The molecular formula is C18H17ClN2O5S. The van der Waals surface area contributed by atoms with Crippen LogP contribution in [0.4, 0.5) is 0 Å². The summed E-state index contributed by atoms with van der Waals surface area (Å²) < 4.78 is 6.11. The summed E-state index contributed by atoms with van der Waals surface area (Å²) in [5.41, 5.74) is 0.424. The zero-order chi connectivity index (χ0) is 19.2. The van der Waals surface area contributed by atoms with Crippen molar-refractivity contribution in [3.63, 3.8) is 0 Å². The van der Waals surface area contributed by atoms with Crippen molar-refractivity contribution in [3.05, 3.63) is 54.6 Å². The molecule has 142 valence electrons. The zero-order valence-electron chi connectivity index (χ0n) is 14.3. The lowest BCUT2D eigenvalue weighted by molar-refractivity contribution is -0.0906. The first-order chi connectivity index (χ1) is 12.9. The predicted octanol–water partition coefficient (Wildman–Crippen LogP) is 2.49. The number of carbonyl (C=O) groups excluding carboxylic acids is 1. The molecule has 2 aromatic rings. The highest BCUT2D eigenvalue weighted by atomic mass is 35.5. The lowest BCUT2D eigenvalue weighted by Crippen LogP contribution is -2.48. The molecule has 4 rings (SSSR count). The first kappa shape index (κ1) is 18.2. The number of likely N-dealkylation sites (tertiary alicyclic amines) is 1. The summed E-state index contributed by atoms with van der Waals surface area (Å²) in [6.07, 6.45) is 3.28. The number of rotatable bonds is 2. The number of carboxylic acid groups (broad SMARTS) is 1. The molecule has 27 heavy (non-hydrogen) atoms. The normalized spacial score (nSPS) is 18.3. The minimum absolute atomic E-state index is 0.0191. The van der Waals surface area contributed by atoms with Gasteiger partial charge in [-0.3, -0.25) is 9.59 Å². The Kier molecular flexibility index (Phi) is 4.57. The third-order valence-corrected chi connectivity index (χ3v) is 6.78. The summed E-state index contributed by atoms with van der Waals surface area (Å²) in [5.74, 6) is -1.12. The van der Waals surface area contributed by atoms with E-state index in [0.29, 0.717) is 49.4 Å². The van der Waals surface area contributed by atoms with Gasteiger partial charge in [0.1, 0.15) is 15.5 Å². The molecule has 9 heteroatoms. The van der Waals surface area contributed by atoms with Crippen molar-refractivity contribution < 1.29 is 19.4 Å². The van der Waals surface area contributed by atoms with Crippen LogP contribution in [-0.4, -0.2) is 46.6 Å². The highest BCUT2D eigenvalue weighted by molar-refractivity contribution is 7.14. The number of nitrogens with one attached hydrogen (secondary N) is 1. The molecule has 0 aliphatic carbocycles. The molecule has 0 bridgehead atoms. The molecule has 4 heterocycles. The van der Waals surface area contributed by atoms with Crippen LogP contribution in [0.2, 0.25) is 5.02 Å². The number of carboxylic acids is 1.